The van der Waals surface area contributed by atoms with Crippen LogP contribution in [-0.2, 0) is 0 Å². The molecule has 1 heterocycles. The number of hydrazone groups is 1. The molecular weight excluding hydrogens is 381 g/mol. The monoisotopic (exact) mass is 387 g/mol. The van der Waals surface area contributed by atoms with Gasteiger partial charge in [-0.2, -0.15) is 5.10 Å². The molecule has 0 aliphatic rings. The molecule has 1 aromatic carbocycles. The molecule has 0 spiro atoms. The van der Waals surface area contributed by atoms with Gasteiger partial charge in [-0.15, -0.1) is 0 Å². The minimum absolute atomic E-state index is 0.288. The van der Waals surface area contributed by atoms with Crippen LogP contribution in [0.3, 0.4) is 0 Å². The van der Waals surface area contributed by atoms with Gasteiger partial charge in [0.2, 0.25) is 0 Å². The Kier molecular flexibility index (Phi) is 4.49. The summed E-state index contributed by atoms with van der Waals surface area (Å²) in [6, 6.07) is 6.19. The van der Waals surface area contributed by atoms with Crippen LogP contribution >= 0.6 is 31.9 Å². The quantitative estimate of drug-likeness (QED) is 0.614. The molecule has 2 rings (SSSR count). The Balaban J connectivity index is 2.02. The predicted octanol–water partition coefficient (Wildman–Crippen LogP) is 3.44. The van der Waals surface area contributed by atoms with Crippen molar-refractivity contribution in [3.8, 4) is 0 Å². The highest BCUT2D eigenvalue weighted by atomic mass is 79.9. The van der Waals surface area contributed by atoms with Crippen LogP contribution < -0.4 is 5.43 Å². The van der Waals surface area contributed by atoms with E-state index >= 15 is 0 Å². The van der Waals surface area contributed by atoms with Crippen LogP contribution in [0.2, 0.25) is 0 Å². The van der Waals surface area contributed by atoms with Crippen LogP contribution in [0.5, 0.6) is 0 Å². The number of carbonyl (C=O) groups is 1. The fourth-order valence-corrected chi connectivity index (χ4v) is 2.00. The van der Waals surface area contributed by atoms with Gasteiger partial charge in [0, 0.05) is 20.7 Å². The molecular formula is C12H8Br2FN3O. The number of aromatic nitrogens is 1. The first-order valence-corrected chi connectivity index (χ1v) is 6.77. The fraction of sp³-hybridized carbons (Fsp3) is 0. The van der Waals surface area contributed by atoms with Crippen molar-refractivity contribution in [2.75, 3.05) is 0 Å². The largest absolute Gasteiger partial charge is 0.356 e. The maximum atomic E-state index is 13.5. The molecule has 0 saturated heterocycles. The second-order valence-electron chi connectivity index (χ2n) is 3.60. The number of hydrogen-bond donors (Lipinski definition) is 2. The number of nitrogens with one attached hydrogen (secondary N) is 2. The molecule has 98 valence electrons. The van der Waals surface area contributed by atoms with E-state index in [1.165, 1.54) is 12.3 Å². The average Bonchev–Trinajstić information content (AvgIpc) is 2.78. The summed E-state index contributed by atoms with van der Waals surface area (Å²) in [5, 5.41) is 3.70. The van der Waals surface area contributed by atoms with Gasteiger partial charge in [-0.25, -0.2) is 9.82 Å². The second kappa shape index (κ2) is 6.12. The summed E-state index contributed by atoms with van der Waals surface area (Å²) >= 11 is 6.38. The number of rotatable bonds is 3. The van der Waals surface area contributed by atoms with E-state index in [9.17, 15) is 9.18 Å². The zero-order valence-electron chi connectivity index (χ0n) is 9.45. The van der Waals surface area contributed by atoms with E-state index in [1.807, 2.05) is 0 Å². The van der Waals surface area contributed by atoms with Crippen molar-refractivity contribution < 1.29 is 9.18 Å². The molecule has 0 aliphatic heterocycles. The minimum Gasteiger partial charge on any atom is -0.356 e. The summed E-state index contributed by atoms with van der Waals surface area (Å²) in [5.41, 5.74) is 2.95. The molecule has 7 heteroatoms. The number of carbonyl (C=O) groups excluding carboxylic acids is 1. The highest BCUT2D eigenvalue weighted by molar-refractivity contribution is 9.10. The van der Waals surface area contributed by atoms with Gasteiger partial charge in [0.1, 0.15) is 11.5 Å². The number of amides is 1. The van der Waals surface area contributed by atoms with Gasteiger partial charge in [-0.3, -0.25) is 4.79 Å². The maximum absolute atomic E-state index is 13.5. The van der Waals surface area contributed by atoms with Gasteiger partial charge < -0.3 is 4.98 Å². The van der Waals surface area contributed by atoms with Crippen molar-refractivity contribution in [3.05, 3.63) is 56.5 Å². The predicted molar refractivity (Wildman–Crippen MR) is 77.7 cm³/mol. The first-order valence-electron chi connectivity index (χ1n) is 5.18. The van der Waals surface area contributed by atoms with Gasteiger partial charge in [0.25, 0.3) is 5.91 Å². The average molecular weight is 389 g/mol. The van der Waals surface area contributed by atoms with Gasteiger partial charge in [0.15, 0.2) is 0 Å². The fourth-order valence-electron chi connectivity index (χ4n) is 1.33. The molecule has 19 heavy (non-hydrogen) atoms. The molecule has 2 aromatic rings. The Morgan fingerprint density at radius 1 is 1.32 bits per heavy atom. The summed E-state index contributed by atoms with van der Waals surface area (Å²) < 4.78 is 14.9. The Labute approximate surface area is 125 Å². The molecule has 1 aromatic heterocycles. The van der Waals surface area contributed by atoms with Gasteiger partial charge >= 0.3 is 0 Å². The molecule has 0 aliphatic carbocycles. The first-order chi connectivity index (χ1) is 9.06. The van der Waals surface area contributed by atoms with E-state index in [2.05, 4.69) is 47.4 Å². The van der Waals surface area contributed by atoms with Gasteiger partial charge in [0.05, 0.1) is 6.21 Å². The van der Waals surface area contributed by atoms with Crippen molar-refractivity contribution in [1.29, 1.82) is 0 Å². The van der Waals surface area contributed by atoms with E-state index in [-0.39, 0.29) is 5.56 Å². The van der Waals surface area contributed by atoms with Gasteiger partial charge in [-0.05, 0) is 40.2 Å². The molecule has 4 nitrogen and oxygen atoms in total. The SMILES string of the molecule is O=C(N/N=C\c1ccc(Br)cc1F)c1cc(Br)c[nH]1. The second-order valence-corrected chi connectivity index (χ2v) is 5.43. The lowest BCUT2D eigenvalue weighted by Crippen LogP contribution is -2.17. The molecule has 0 radical (unpaired) electrons. The zero-order chi connectivity index (χ0) is 13.8. The van der Waals surface area contributed by atoms with Crippen molar-refractivity contribution in [1.82, 2.24) is 10.4 Å². The third-order valence-corrected chi connectivity index (χ3v) is 3.18. The summed E-state index contributed by atoms with van der Waals surface area (Å²) in [4.78, 5) is 14.4. The number of H-pyrrole nitrogens is 1. The number of benzene rings is 1. The van der Waals surface area contributed by atoms with Crippen molar-refractivity contribution in [3.63, 3.8) is 0 Å². The van der Waals surface area contributed by atoms with E-state index in [4.69, 9.17) is 0 Å². The third kappa shape index (κ3) is 3.74. The standard InChI is InChI=1S/C12H8Br2FN3O/c13-8-2-1-7(10(15)3-8)5-17-18-12(19)11-4-9(14)6-16-11/h1-6,16H,(H,18,19)/b17-5-. The molecule has 0 unspecified atom stereocenters. The topological polar surface area (TPSA) is 57.2 Å². The molecule has 0 fully saturated rings. The third-order valence-electron chi connectivity index (χ3n) is 2.22. The Bertz CT molecular complexity index is 640. The van der Waals surface area contributed by atoms with Crippen molar-refractivity contribution in [2.24, 2.45) is 5.10 Å². The Hall–Kier alpha value is -1.47. The maximum Gasteiger partial charge on any atom is 0.287 e. The first kappa shape index (κ1) is 14.0. The molecule has 0 atom stereocenters. The zero-order valence-corrected chi connectivity index (χ0v) is 12.6. The van der Waals surface area contributed by atoms with Crippen LogP contribution in [0.4, 0.5) is 4.39 Å². The number of nitrogens with zero attached hydrogens (tertiary/aromatic N) is 1. The van der Waals surface area contributed by atoms with E-state index in [1.54, 1.807) is 24.4 Å². The van der Waals surface area contributed by atoms with Crippen LogP contribution in [-0.4, -0.2) is 17.1 Å². The number of hydrogen-bond acceptors (Lipinski definition) is 2. The number of halogens is 3. The van der Waals surface area contributed by atoms with Crippen LogP contribution in [0.15, 0.2) is 44.5 Å². The normalized spacial score (nSPS) is 10.9. The van der Waals surface area contributed by atoms with E-state index in [0.29, 0.717) is 10.2 Å². The van der Waals surface area contributed by atoms with Crippen LogP contribution in [0.25, 0.3) is 0 Å². The lowest BCUT2D eigenvalue weighted by atomic mass is 10.2. The lowest BCUT2D eigenvalue weighted by Gasteiger charge is -1.98. The molecule has 1 amide bonds. The highest BCUT2D eigenvalue weighted by Crippen LogP contribution is 2.14. The smallest absolute Gasteiger partial charge is 0.287 e. The summed E-state index contributed by atoms with van der Waals surface area (Å²) in [7, 11) is 0. The van der Waals surface area contributed by atoms with Crippen LogP contribution in [0, 0.1) is 5.82 Å². The highest BCUT2D eigenvalue weighted by Gasteiger charge is 2.06. The van der Waals surface area contributed by atoms with Crippen LogP contribution in [0.1, 0.15) is 16.1 Å². The number of aromatic amines is 1. The summed E-state index contributed by atoms with van der Waals surface area (Å²) in [6.45, 7) is 0. The van der Waals surface area contributed by atoms with Gasteiger partial charge in [-0.1, -0.05) is 15.9 Å². The Morgan fingerprint density at radius 2 is 2.11 bits per heavy atom. The molecule has 2 N–H and O–H groups in total. The van der Waals surface area contributed by atoms with E-state index in [0.717, 1.165) is 4.47 Å². The minimum atomic E-state index is -0.421. The van der Waals surface area contributed by atoms with E-state index < -0.39 is 11.7 Å². The Morgan fingerprint density at radius 3 is 2.74 bits per heavy atom. The lowest BCUT2D eigenvalue weighted by molar-refractivity contribution is 0.0951. The summed E-state index contributed by atoms with van der Waals surface area (Å²) in [6.07, 6.45) is 2.88. The molecule has 0 saturated carbocycles. The molecule has 0 bridgehead atoms. The summed E-state index contributed by atoms with van der Waals surface area (Å²) in [5.74, 6) is -0.825. The van der Waals surface area contributed by atoms with Crippen molar-refractivity contribution >= 4 is 44.0 Å². The van der Waals surface area contributed by atoms with Crippen molar-refractivity contribution in [2.45, 2.75) is 0 Å².